The van der Waals surface area contributed by atoms with Gasteiger partial charge in [-0.25, -0.2) is 0 Å². The molecule has 6 heteroatoms. The zero-order chi connectivity index (χ0) is 11.5. The number of carbonyl (C=O) groups is 1. The molecule has 1 fully saturated rings. The molecule has 0 radical (unpaired) electrons. The van der Waals surface area contributed by atoms with Crippen molar-refractivity contribution in [2.75, 3.05) is 5.75 Å². The number of thioether (sulfide) groups is 1. The minimum Gasteiger partial charge on any atom is -0.481 e. The third-order valence-electron chi connectivity index (χ3n) is 2.60. The summed E-state index contributed by atoms with van der Waals surface area (Å²) >= 11 is 1.24. The quantitative estimate of drug-likeness (QED) is 0.763. The van der Waals surface area contributed by atoms with Crippen molar-refractivity contribution in [2.24, 2.45) is 5.92 Å². The summed E-state index contributed by atoms with van der Waals surface area (Å²) in [4.78, 5) is 10.5. The van der Waals surface area contributed by atoms with Crippen molar-refractivity contribution in [1.82, 2.24) is 14.8 Å². The highest BCUT2D eigenvalue weighted by Crippen LogP contribution is 2.32. The molecule has 1 aliphatic carbocycles. The molecule has 5 nitrogen and oxygen atoms in total. The molecule has 88 valence electrons. The fourth-order valence-corrected chi connectivity index (χ4v) is 2.34. The van der Waals surface area contributed by atoms with Crippen LogP contribution in [0.2, 0.25) is 0 Å². The lowest BCUT2D eigenvalue weighted by Crippen LogP contribution is -2.06. The number of carboxylic acid groups (broad SMARTS) is 1. The van der Waals surface area contributed by atoms with Gasteiger partial charge in [-0.1, -0.05) is 11.8 Å². The first-order valence-electron chi connectivity index (χ1n) is 5.47. The molecule has 1 aromatic rings. The average Bonchev–Trinajstić information content (AvgIpc) is 2.96. The topological polar surface area (TPSA) is 68.0 Å². The van der Waals surface area contributed by atoms with E-state index in [1.165, 1.54) is 24.6 Å². The summed E-state index contributed by atoms with van der Waals surface area (Å²) in [5.74, 6) is 0.991. The molecule has 1 heterocycles. The zero-order valence-electron chi connectivity index (χ0n) is 9.22. The third-order valence-corrected chi connectivity index (χ3v) is 3.55. The Morgan fingerprint density at radius 3 is 2.88 bits per heavy atom. The van der Waals surface area contributed by atoms with Crippen molar-refractivity contribution in [3.05, 3.63) is 5.82 Å². The first kappa shape index (κ1) is 11.4. The summed E-state index contributed by atoms with van der Waals surface area (Å²) in [5, 5.41) is 17.5. The van der Waals surface area contributed by atoms with Crippen molar-refractivity contribution in [1.29, 1.82) is 0 Å². The Labute approximate surface area is 98.3 Å². The van der Waals surface area contributed by atoms with Crippen LogP contribution in [0.1, 0.15) is 25.6 Å². The smallest absolute Gasteiger partial charge is 0.313 e. The Hall–Kier alpha value is -1.04. The second kappa shape index (κ2) is 4.86. The molecule has 1 saturated carbocycles. The molecule has 0 unspecified atom stereocenters. The molecule has 1 aromatic heterocycles. The van der Waals surface area contributed by atoms with Gasteiger partial charge in [0.05, 0.1) is 5.75 Å². The van der Waals surface area contributed by atoms with Gasteiger partial charge in [-0.3, -0.25) is 4.79 Å². The van der Waals surface area contributed by atoms with Gasteiger partial charge in [-0.05, 0) is 25.7 Å². The van der Waals surface area contributed by atoms with Crippen LogP contribution >= 0.6 is 11.8 Å². The highest BCUT2D eigenvalue weighted by atomic mass is 32.2. The first-order chi connectivity index (χ1) is 7.70. The predicted octanol–water partition coefficient (Wildman–Crippen LogP) is 1.43. The molecule has 0 bridgehead atoms. The lowest BCUT2D eigenvalue weighted by atomic mass is 10.3. The molecule has 1 aliphatic rings. The third kappa shape index (κ3) is 2.75. The molecule has 0 atom stereocenters. The number of aromatic nitrogens is 3. The molecule has 0 amide bonds. The number of carboxylic acids is 1. The largest absolute Gasteiger partial charge is 0.481 e. The molecule has 0 spiro atoms. The maximum absolute atomic E-state index is 10.5. The Kier molecular flexibility index (Phi) is 3.48. The summed E-state index contributed by atoms with van der Waals surface area (Å²) in [7, 11) is 0. The fourth-order valence-electron chi connectivity index (χ4n) is 1.60. The van der Waals surface area contributed by atoms with Gasteiger partial charge < -0.3 is 9.67 Å². The van der Waals surface area contributed by atoms with E-state index in [0.717, 1.165) is 29.9 Å². The standard InChI is InChI=1S/C10H15N3O2S/c1-2-13-8(5-7-3-4-7)11-12-10(13)16-6-9(14)15/h7H,2-6H2,1H3,(H,14,15). The Morgan fingerprint density at radius 1 is 1.56 bits per heavy atom. The van der Waals surface area contributed by atoms with Gasteiger partial charge in [0.25, 0.3) is 0 Å². The normalized spacial score (nSPS) is 15.3. The maximum atomic E-state index is 10.5. The molecular formula is C10H15N3O2S. The van der Waals surface area contributed by atoms with Crippen LogP contribution in [0.15, 0.2) is 5.16 Å². The summed E-state index contributed by atoms with van der Waals surface area (Å²) in [6.45, 7) is 2.83. The molecule has 0 saturated heterocycles. The van der Waals surface area contributed by atoms with E-state index >= 15 is 0 Å². The lowest BCUT2D eigenvalue weighted by Gasteiger charge is -2.05. The summed E-state index contributed by atoms with van der Waals surface area (Å²) < 4.78 is 2.02. The molecule has 2 rings (SSSR count). The van der Waals surface area contributed by atoms with Crippen LogP contribution in [0.4, 0.5) is 0 Å². The summed E-state index contributed by atoms with van der Waals surface area (Å²) in [5.41, 5.74) is 0. The maximum Gasteiger partial charge on any atom is 0.313 e. The highest BCUT2D eigenvalue weighted by molar-refractivity contribution is 7.99. The van der Waals surface area contributed by atoms with E-state index in [0.29, 0.717) is 0 Å². The van der Waals surface area contributed by atoms with Crippen LogP contribution in [0.3, 0.4) is 0 Å². The minimum atomic E-state index is -0.820. The molecule has 1 N–H and O–H groups in total. The predicted molar refractivity (Wildman–Crippen MR) is 60.5 cm³/mol. The highest BCUT2D eigenvalue weighted by Gasteiger charge is 2.25. The second-order valence-electron chi connectivity index (χ2n) is 3.97. The molecule has 0 aromatic carbocycles. The van der Waals surface area contributed by atoms with E-state index < -0.39 is 5.97 Å². The van der Waals surface area contributed by atoms with Gasteiger partial charge in [-0.15, -0.1) is 10.2 Å². The van der Waals surface area contributed by atoms with Crippen LogP contribution < -0.4 is 0 Å². The molecule has 0 aliphatic heterocycles. The number of rotatable bonds is 6. The van der Waals surface area contributed by atoms with Crippen LogP contribution in [0.5, 0.6) is 0 Å². The average molecular weight is 241 g/mol. The van der Waals surface area contributed by atoms with Gasteiger partial charge >= 0.3 is 5.97 Å². The van der Waals surface area contributed by atoms with Crippen LogP contribution in [0, 0.1) is 5.92 Å². The number of nitrogens with zero attached hydrogens (tertiary/aromatic N) is 3. The Balaban J connectivity index is 2.05. The lowest BCUT2D eigenvalue weighted by molar-refractivity contribution is -0.133. The fraction of sp³-hybridized carbons (Fsp3) is 0.700. The van der Waals surface area contributed by atoms with Gasteiger partial charge in [0.2, 0.25) is 0 Å². The zero-order valence-corrected chi connectivity index (χ0v) is 10.0. The van der Waals surface area contributed by atoms with E-state index in [2.05, 4.69) is 10.2 Å². The van der Waals surface area contributed by atoms with E-state index in [1.807, 2.05) is 11.5 Å². The number of aliphatic carboxylic acids is 1. The summed E-state index contributed by atoms with van der Waals surface area (Å²) in [6.07, 6.45) is 3.55. The van der Waals surface area contributed by atoms with Crippen LogP contribution in [0.25, 0.3) is 0 Å². The van der Waals surface area contributed by atoms with Crippen LogP contribution in [-0.4, -0.2) is 31.6 Å². The van der Waals surface area contributed by atoms with Crippen molar-refractivity contribution < 1.29 is 9.90 Å². The van der Waals surface area contributed by atoms with E-state index in [1.54, 1.807) is 0 Å². The monoisotopic (exact) mass is 241 g/mol. The first-order valence-corrected chi connectivity index (χ1v) is 6.46. The van der Waals surface area contributed by atoms with Crippen molar-refractivity contribution in [3.8, 4) is 0 Å². The van der Waals surface area contributed by atoms with E-state index in [-0.39, 0.29) is 5.75 Å². The van der Waals surface area contributed by atoms with Gasteiger partial charge in [-0.2, -0.15) is 0 Å². The van der Waals surface area contributed by atoms with Gasteiger partial charge in [0.1, 0.15) is 5.82 Å². The Bertz CT molecular complexity index is 387. The van der Waals surface area contributed by atoms with Crippen molar-refractivity contribution >= 4 is 17.7 Å². The molecule has 16 heavy (non-hydrogen) atoms. The summed E-state index contributed by atoms with van der Waals surface area (Å²) in [6, 6.07) is 0. The Morgan fingerprint density at radius 2 is 2.31 bits per heavy atom. The van der Waals surface area contributed by atoms with E-state index in [4.69, 9.17) is 5.11 Å². The SMILES string of the molecule is CCn1c(CC2CC2)nnc1SCC(=O)O. The number of hydrogen-bond acceptors (Lipinski definition) is 4. The second-order valence-corrected chi connectivity index (χ2v) is 4.92. The van der Waals surface area contributed by atoms with E-state index in [9.17, 15) is 4.79 Å². The van der Waals surface area contributed by atoms with Gasteiger partial charge in [0.15, 0.2) is 5.16 Å². The minimum absolute atomic E-state index is 0.0432. The molecular weight excluding hydrogens is 226 g/mol. The number of hydrogen-bond donors (Lipinski definition) is 1. The van der Waals surface area contributed by atoms with Gasteiger partial charge in [0, 0.05) is 13.0 Å². The van der Waals surface area contributed by atoms with Crippen molar-refractivity contribution in [3.63, 3.8) is 0 Å². The van der Waals surface area contributed by atoms with Crippen molar-refractivity contribution in [2.45, 2.75) is 37.9 Å². The van der Waals surface area contributed by atoms with Crippen LogP contribution in [-0.2, 0) is 17.8 Å².